The Morgan fingerprint density at radius 1 is 1.16 bits per heavy atom. The molecule has 8 atom stereocenters. The summed E-state index contributed by atoms with van der Waals surface area (Å²) >= 11 is 0. The molecule has 37 heavy (non-hydrogen) atoms. The molecule has 7 heteroatoms. The minimum absolute atomic E-state index is 0.0924. The number of aliphatic hydroxyl groups is 2. The number of likely N-dealkylation sites (N-methyl/N-ethyl adjacent to an activating group) is 1. The third-order valence-electron chi connectivity index (χ3n) is 10.8. The van der Waals surface area contributed by atoms with E-state index >= 15 is 4.39 Å². The molecular formula is C30H35FN2O4. The van der Waals surface area contributed by atoms with Crippen molar-refractivity contribution in [3.63, 3.8) is 0 Å². The van der Waals surface area contributed by atoms with E-state index < -0.39 is 29.1 Å². The van der Waals surface area contributed by atoms with E-state index in [9.17, 15) is 15.0 Å². The van der Waals surface area contributed by atoms with Crippen LogP contribution in [0.2, 0.25) is 0 Å². The lowest BCUT2D eigenvalue weighted by molar-refractivity contribution is -0.282. The van der Waals surface area contributed by atoms with Gasteiger partial charge in [-0.1, -0.05) is 31.2 Å². The van der Waals surface area contributed by atoms with E-state index in [1.54, 1.807) is 6.20 Å². The highest BCUT2D eigenvalue weighted by atomic mass is 19.1. The first-order chi connectivity index (χ1) is 17.5. The SMILES string of the molecule is CN(C)[C@H]1C[C@@]23CC[C@@]4(O2)C(=CC[C@]2(C)C(c5ccc6cc[nH]c(=O)c6c5)=CCC24)CC3(F)[C@@H](O)[C@@H]1O. The number of hydrogen-bond donors (Lipinski definition) is 3. The average molecular weight is 507 g/mol. The van der Waals surface area contributed by atoms with Gasteiger partial charge in [0.1, 0.15) is 11.7 Å². The van der Waals surface area contributed by atoms with Gasteiger partial charge in [0, 0.05) is 35.4 Å². The topological polar surface area (TPSA) is 85.8 Å². The van der Waals surface area contributed by atoms with Crippen LogP contribution in [-0.2, 0) is 4.74 Å². The molecule has 2 aromatic rings. The first kappa shape index (κ1) is 23.8. The summed E-state index contributed by atoms with van der Waals surface area (Å²) in [5, 5.41) is 23.5. The first-order valence-corrected chi connectivity index (χ1v) is 13.5. The monoisotopic (exact) mass is 506 g/mol. The molecule has 2 aliphatic heterocycles. The number of aromatic amines is 1. The highest BCUT2D eigenvalue weighted by Crippen LogP contribution is 2.70. The number of alkyl halides is 1. The standard InChI is InChI=1S/C30H35FN2O4/c1-27-10-8-19-15-30(31)25(35)24(34)22(33(2)3)16-28(30)11-12-29(19,37-28)23(27)7-6-21(27)18-5-4-17-9-13-32-26(36)20(17)14-18/h4-6,8-9,13-14,22-25,34-35H,7,10-12,15-16H2,1-3H3,(H,32,36)/t22-,23?,24+,25-,27+,28+,29+,30?/m0/s1. The van der Waals surface area contributed by atoms with Gasteiger partial charge in [-0.15, -0.1) is 0 Å². The summed E-state index contributed by atoms with van der Waals surface area (Å²) < 4.78 is 23.9. The Morgan fingerprint density at radius 3 is 2.76 bits per heavy atom. The molecule has 6 nitrogen and oxygen atoms in total. The fraction of sp³-hybridized carbons (Fsp3) is 0.567. The number of ether oxygens (including phenoxy) is 1. The van der Waals surface area contributed by atoms with Crippen LogP contribution >= 0.6 is 0 Å². The van der Waals surface area contributed by atoms with Crippen LogP contribution in [0.5, 0.6) is 0 Å². The van der Waals surface area contributed by atoms with E-state index in [-0.39, 0.29) is 29.4 Å². The molecule has 3 fully saturated rings. The Kier molecular flexibility index (Phi) is 4.76. The molecule has 1 aromatic carbocycles. The lowest BCUT2D eigenvalue weighted by Crippen LogP contribution is -2.73. The zero-order valence-electron chi connectivity index (χ0n) is 21.6. The average Bonchev–Trinajstić information content (AvgIpc) is 3.40. The number of fused-ring (bicyclic) bond motifs is 2. The number of halogens is 1. The van der Waals surface area contributed by atoms with Crippen LogP contribution in [-0.4, -0.2) is 69.3 Å². The van der Waals surface area contributed by atoms with Gasteiger partial charge in [0.15, 0.2) is 5.67 Å². The zero-order chi connectivity index (χ0) is 26.0. The second-order valence-corrected chi connectivity index (χ2v) is 12.6. The largest absolute Gasteiger partial charge is 0.389 e. The molecule has 7 rings (SSSR count). The number of aliphatic hydroxyl groups excluding tert-OH is 2. The fourth-order valence-electron chi connectivity index (χ4n) is 8.78. The number of pyridine rings is 1. The predicted molar refractivity (Wildman–Crippen MR) is 140 cm³/mol. The number of rotatable bonds is 2. The van der Waals surface area contributed by atoms with E-state index in [1.807, 2.05) is 37.2 Å². The predicted octanol–water partition coefficient (Wildman–Crippen LogP) is 3.72. The van der Waals surface area contributed by atoms with Crippen LogP contribution in [0.15, 0.2) is 53.0 Å². The molecule has 3 N–H and O–H groups in total. The van der Waals surface area contributed by atoms with E-state index in [1.165, 1.54) is 5.57 Å². The normalized spacial score (nSPS) is 44.3. The maximum atomic E-state index is 16.9. The van der Waals surface area contributed by atoms with Crippen molar-refractivity contribution < 1.29 is 19.3 Å². The van der Waals surface area contributed by atoms with Crippen molar-refractivity contribution in [2.24, 2.45) is 11.3 Å². The molecule has 1 saturated carbocycles. The highest BCUT2D eigenvalue weighted by Gasteiger charge is 2.76. The molecule has 3 aliphatic carbocycles. The summed E-state index contributed by atoms with van der Waals surface area (Å²) in [6, 6.07) is 7.65. The van der Waals surface area contributed by atoms with E-state index in [0.717, 1.165) is 29.4 Å². The third kappa shape index (κ3) is 2.81. The van der Waals surface area contributed by atoms with Crippen LogP contribution in [0.25, 0.3) is 16.3 Å². The molecule has 2 unspecified atom stereocenters. The van der Waals surface area contributed by atoms with Crippen molar-refractivity contribution in [1.29, 1.82) is 0 Å². The van der Waals surface area contributed by atoms with Crippen LogP contribution in [0.1, 0.15) is 51.0 Å². The van der Waals surface area contributed by atoms with Crippen LogP contribution in [0.3, 0.4) is 0 Å². The summed E-state index contributed by atoms with van der Waals surface area (Å²) in [6.07, 6.45) is 6.75. The molecule has 3 heterocycles. The number of aromatic nitrogens is 1. The smallest absolute Gasteiger partial charge is 0.255 e. The van der Waals surface area contributed by atoms with E-state index in [2.05, 4.69) is 30.1 Å². The van der Waals surface area contributed by atoms with Crippen LogP contribution in [0.4, 0.5) is 4.39 Å². The molecule has 0 amide bonds. The molecule has 1 aromatic heterocycles. The summed E-state index contributed by atoms with van der Waals surface area (Å²) in [6.45, 7) is 2.28. The van der Waals surface area contributed by atoms with Gasteiger partial charge < -0.3 is 24.8 Å². The summed E-state index contributed by atoms with van der Waals surface area (Å²) in [5.74, 6) is 0.144. The summed E-state index contributed by atoms with van der Waals surface area (Å²) in [7, 11) is 3.72. The quantitative estimate of drug-likeness (QED) is 0.541. The van der Waals surface area contributed by atoms with Gasteiger partial charge in [-0.25, -0.2) is 4.39 Å². The molecule has 0 radical (unpaired) electrons. The summed E-state index contributed by atoms with van der Waals surface area (Å²) in [5.41, 5.74) is -0.784. The van der Waals surface area contributed by atoms with E-state index in [0.29, 0.717) is 24.6 Å². The maximum absolute atomic E-state index is 16.9. The second-order valence-electron chi connectivity index (χ2n) is 12.6. The van der Waals surface area contributed by atoms with Crippen LogP contribution in [0, 0.1) is 11.3 Å². The highest BCUT2D eigenvalue weighted by molar-refractivity contribution is 5.87. The Morgan fingerprint density at radius 2 is 1.97 bits per heavy atom. The number of hydrogen-bond acceptors (Lipinski definition) is 5. The van der Waals surface area contributed by atoms with Gasteiger partial charge in [-0.05, 0) is 80.4 Å². The van der Waals surface area contributed by atoms with Gasteiger partial charge in [-0.2, -0.15) is 0 Å². The number of H-pyrrole nitrogens is 1. The van der Waals surface area contributed by atoms with Gasteiger partial charge in [0.25, 0.3) is 5.56 Å². The number of allylic oxidation sites excluding steroid dienone is 3. The minimum Gasteiger partial charge on any atom is -0.389 e. The number of nitrogens with one attached hydrogen (secondary N) is 1. The van der Waals surface area contributed by atoms with Gasteiger partial charge in [0.05, 0.1) is 11.7 Å². The molecule has 5 aliphatic rings. The van der Waals surface area contributed by atoms with Crippen molar-refractivity contribution in [3.05, 3.63) is 64.1 Å². The van der Waals surface area contributed by atoms with Crippen LogP contribution < -0.4 is 5.56 Å². The van der Waals surface area contributed by atoms with Gasteiger partial charge in [-0.3, -0.25) is 4.79 Å². The third-order valence-corrected chi connectivity index (χ3v) is 10.8. The molecular weight excluding hydrogens is 471 g/mol. The molecule has 196 valence electrons. The van der Waals surface area contributed by atoms with Crippen molar-refractivity contribution in [2.75, 3.05) is 14.1 Å². The maximum Gasteiger partial charge on any atom is 0.255 e. The van der Waals surface area contributed by atoms with E-state index in [4.69, 9.17) is 4.74 Å². The number of benzene rings is 1. The van der Waals surface area contributed by atoms with Gasteiger partial charge in [0.2, 0.25) is 0 Å². The van der Waals surface area contributed by atoms with Crippen molar-refractivity contribution in [3.8, 4) is 0 Å². The molecule has 2 spiro atoms. The first-order valence-electron chi connectivity index (χ1n) is 13.5. The summed E-state index contributed by atoms with van der Waals surface area (Å²) in [4.78, 5) is 17.2. The lowest BCUT2D eigenvalue weighted by atomic mass is 9.56. The molecule has 2 bridgehead atoms. The van der Waals surface area contributed by atoms with Crippen molar-refractivity contribution in [1.82, 2.24) is 9.88 Å². The van der Waals surface area contributed by atoms with Gasteiger partial charge >= 0.3 is 0 Å². The van der Waals surface area contributed by atoms with Crippen molar-refractivity contribution >= 4 is 16.3 Å². The lowest BCUT2D eigenvalue weighted by Gasteiger charge is -2.61. The Hall–Kier alpha value is -2.32. The Bertz CT molecular complexity index is 1430. The van der Waals surface area contributed by atoms with Crippen molar-refractivity contribution in [2.45, 2.75) is 80.6 Å². The Labute approximate surface area is 215 Å². The Balaban J connectivity index is 1.30. The second kappa shape index (κ2) is 7.41. The number of nitrogens with zero attached hydrogens (tertiary/aromatic N) is 1. The molecule has 2 saturated heterocycles. The minimum atomic E-state index is -2.01. The zero-order valence-corrected chi connectivity index (χ0v) is 21.6. The fourth-order valence-corrected chi connectivity index (χ4v) is 8.78.